The quantitative estimate of drug-likeness (QED) is 0.845. The molecule has 0 saturated heterocycles. The van der Waals surface area contributed by atoms with Crippen LogP contribution in [0, 0.1) is 0 Å². The van der Waals surface area contributed by atoms with E-state index in [0.717, 1.165) is 18.8 Å². The van der Waals surface area contributed by atoms with Crippen molar-refractivity contribution in [1.82, 2.24) is 5.32 Å². The minimum absolute atomic E-state index is 0.132. The molecule has 23 heavy (non-hydrogen) atoms. The van der Waals surface area contributed by atoms with Gasteiger partial charge in [0.1, 0.15) is 12.1 Å². The molecule has 0 fully saturated rings. The Kier molecular flexibility index (Phi) is 6.88. The zero-order valence-corrected chi connectivity index (χ0v) is 14.6. The molecule has 0 bridgehead atoms. The lowest BCUT2D eigenvalue weighted by Gasteiger charge is -2.21. The first-order chi connectivity index (χ1) is 10.7. The Balaban J connectivity index is 2.47. The maximum Gasteiger partial charge on any atom is 0.408 e. The maximum absolute atomic E-state index is 11.8. The highest BCUT2D eigenvalue weighted by Crippen LogP contribution is 2.17. The molecule has 0 aliphatic heterocycles. The van der Waals surface area contributed by atoms with Crippen LogP contribution in [0.2, 0.25) is 0 Å². The summed E-state index contributed by atoms with van der Waals surface area (Å²) in [6, 6.07) is 7.62. The fourth-order valence-corrected chi connectivity index (χ4v) is 2.02. The van der Waals surface area contributed by atoms with Crippen LogP contribution >= 0.6 is 0 Å². The van der Waals surface area contributed by atoms with Gasteiger partial charge in [-0.05, 0) is 58.9 Å². The van der Waals surface area contributed by atoms with E-state index >= 15 is 0 Å². The second-order valence-electron chi connectivity index (χ2n) is 6.12. The van der Waals surface area contributed by atoms with E-state index in [-0.39, 0.29) is 12.5 Å². The Morgan fingerprint density at radius 1 is 1.09 bits per heavy atom. The maximum atomic E-state index is 11.8. The summed E-state index contributed by atoms with van der Waals surface area (Å²) in [5.41, 5.74) is 1.22. The summed E-state index contributed by atoms with van der Waals surface area (Å²) in [4.78, 5) is 25.5. The number of nitrogens with one attached hydrogen (secondary N) is 2. The molecule has 0 aliphatic rings. The fraction of sp³-hybridized carbons (Fsp3) is 0.529. The van der Waals surface area contributed by atoms with Crippen molar-refractivity contribution in [3.63, 3.8) is 0 Å². The largest absolute Gasteiger partial charge is 0.444 e. The van der Waals surface area contributed by atoms with E-state index in [4.69, 9.17) is 4.74 Å². The smallest absolute Gasteiger partial charge is 0.408 e. The molecule has 0 spiro atoms. The molecule has 0 atom stereocenters. The van der Waals surface area contributed by atoms with Gasteiger partial charge < -0.3 is 20.3 Å². The third-order valence-electron chi connectivity index (χ3n) is 3.07. The van der Waals surface area contributed by atoms with E-state index in [1.54, 1.807) is 20.8 Å². The molecule has 2 amide bonds. The number of hydrogen-bond donors (Lipinski definition) is 2. The molecular formula is C17H27N3O3. The van der Waals surface area contributed by atoms with E-state index in [0.29, 0.717) is 5.69 Å². The second kappa shape index (κ2) is 8.41. The Morgan fingerprint density at radius 2 is 1.65 bits per heavy atom. The molecule has 0 heterocycles. The Hall–Kier alpha value is -2.24. The van der Waals surface area contributed by atoms with Crippen LogP contribution < -0.4 is 15.5 Å². The number of hydrogen-bond acceptors (Lipinski definition) is 4. The van der Waals surface area contributed by atoms with Crippen LogP contribution in [0.4, 0.5) is 16.2 Å². The molecule has 0 saturated carbocycles. The molecule has 0 aliphatic carbocycles. The van der Waals surface area contributed by atoms with Crippen LogP contribution in [0.3, 0.4) is 0 Å². The molecular weight excluding hydrogens is 294 g/mol. The third kappa shape index (κ3) is 7.04. The Bertz CT molecular complexity index is 517. The van der Waals surface area contributed by atoms with Crippen molar-refractivity contribution in [2.75, 3.05) is 29.9 Å². The summed E-state index contributed by atoms with van der Waals surface area (Å²) in [5.74, 6) is -0.300. The highest BCUT2D eigenvalue weighted by molar-refractivity contribution is 5.94. The molecule has 0 radical (unpaired) electrons. The second-order valence-corrected chi connectivity index (χ2v) is 6.12. The minimum Gasteiger partial charge on any atom is -0.444 e. The van der Waals surface area contributed by atoms with Gasteiger partial charge in [0.15, 0.2) is 0 Å². The number of carbonyl (C=O) groups is 2. The van der Waals surface area contributed by atoms with Crippen molar-refractivity contribution in [3.8, 4) is 0 Å². The van der Waals surface area contributed by atoms with E-state index in [2.05, 4.69) is 29.4 Å². The van der Waals surface area contributed by atoms with Crippen molar-refractivity contribution >= 4 is 23.4 Å². The van der Waals surface area contributed by atoms with Gasteiger partial charge in [0, 0.05) is 24.5 Å². The number of benzene rings is 1. The Labute approximate surface area is 138 Å². The number of carbonyl (C=O) groups excluding carboxylic acids is 2. The number of anilines is 2. The number of amides is 2. The van der Waals surface area contributed by atoms with E-state index < -0.39 is 11.7 Å². The standard InChI is InChI=1S/C17H27N3O3/c1-6-20(7-2)14-10-8-13(9-11-14)19-15(21)12-18-16(22)23-17(3,4)5/h8-11H,6-7,12H2,1-5H3,(H,18,22)(H,19,21). The summed E-state index contributed by atoms with van der Waals surface area (Å²) in [5, 5.41) is 5.16. The first kappa shape index (κ1) is 18.8. The summed E-state index contributed by atoms with van der Waals surface area (Å²) in [6.07, 6.45) is -0.607. The van der Waals surface area contributed by atoms with Crippen LogP contribution in [0.25, 0.3) is 0 Å². The van der Waals surface area contributed by atoms with Gasteiger partial charge in [-0.3, -0.25) is 4.79 Å². The zero-order valence-electron chi connectivity index (χ0n) is 14.6. The first-order valence-corrected chi connectivity index (χ1v) is 7.87. The minimum atomic E-state index is -0.607. The molecule has 6 nitrogen and oxygen atoms in total. The average Bonchev–Trinajstić information content (AvgIpc) is 2.46. The van der Waals surface area contributed by atoms with Gasteiger partial charge >= 0.3 is 6.09 Å². The molecule has 6 heteroatoms. The predicted molar refractivity (Wildman–Crippen MR) is 92.9 cm³/mol. The van der Waals surface area contributed by atoms with Gasteiger partial charge in [0.25, 0.3) is 0 Å². The fourth-order valence-electron chi connectivity index (χ4n) is 2.02. The highest BCUT2D eigenvalue weighted by Gasteiger charge is 2.16. The van der Waals surface area contributed by atoms with E-state index in [1.165, 1.54) is 0 Å². The first-order valence-electron chi connectivity index (χ1n) is 7.87. The van der Waals surface area contributed by atoms with Crippen molar-refractivity contribution in [1.29, 1.82) is 0 Å². The van der Waals surface area contributed by atoms with Crippen molar-refractivity contribution in [2.24, 2.45) is 0 Å². The van der Waals surface area contributed by atoms with Crippen LogP contribution in [0.1, 0.15) is 34.6 Å². The van der Waals surface area contributed by atoms with Gasteiger partial charge in [-0.15, -0.1) is 0 Å². The lowest BCUT2D eigenvalue weighted by atomic mass is 10.2. The predicted octanol–water partition coefficient (Wildman–Crippen LogP) is 3.00. The van der Waals surface area contributed by atoms with Gasteiger partial charge in [-0.1, -0.05) is 0 Å². The number of ether oxygens (including phenoxy) is 1. The van der Waals surface area contributed by atoms with Crippen LogP contribution in [0.15, 0.2) is 24.3 Å². The molecule has 0 unspecified atom stereocenters. The topological polar surface area (TPSA) is 70.7 Å². The summed E-state index contributed by atoms with van der Waals surface area (Å²) in [7, 11) is 0. The molecule has 1 aromatic carbocycles. The summed E-state index contributed by atoms with van der Waals surface area (Å²) >= 11 is 0. The van der Waals surface area contributed by atoms with Gasteiger partial charge in [-0.2, -0.15) is 0 Å². The third-order valence-corrected chi connectivity index (χ3v) is 3.07. The van der Waals surface area contributed by atoms with Crippen molar-refractivity contribution in [2.45, 2.75) is 40.2 Å². The van der Waals surface area contributed by atoms with Crippen molar-refractivity contribution in [3.05, 3.63) is 24.3 Å². The number of rotatable bonds is 6. The zero-order chi connectivity index (χ0) is 17.5. The molecule has 1 aromatic rings. The van der Waals surface area contributed by atoms with E-state index in [9.17, 15) is 9.59 Å². The Morgan fingerprint density at radius 3 is 2.13 bits per heavy atom. The number of alkyl carbamates (subject to hydrolysis) is 1. The average molecular weight is 321 g/mol. The molecule has 2 N–H and O–H groups in total. The lowest BCUT2D eigenvalue weighted by molar-refractivity contribution is -0.115. The van der Waals surface area contributed by atoms with Crippen LogP contribution in [-0.2, 0) is 9.53 Å². The van der Waals surface area contributed by atoms with Gasteiger partial charge in [-0.25, -0.2) is 4.79 Å². The normalized spacial score (nSPS) is 10.8. The van der Waals surface area contributed by atoms with Crippen molar-refractivity contribution < 1.29 is 14.3 Å². The SMILES string of the molecule is CCN(CC)c1ccc(NC(=O)CNC(=O)OC(C)(C)C)cc1. The van der Waals surface area contributed by atoms with Gasteiger partial charge in [0.05, 0.1) is 0 Å². The highest BCUT2D eigenvalue weighted by atomic mass is 16.6. The monoisotopic (exact) mass is 321 g/mol. The van der Waals surface area contributed by atoms with Crippen LogP contribution in [-0.4, -0.2) is 37.2 Å². The molecule has 1 rings (SSSR count). The van der Waals surface area contributed by atoms with Crippen LogP contribution in [0.5, 0.6) is 0 Å². The molecule has 128 valence electrons. The molecule has 0 aromatic heterocycles. The van der Waals surface area contributed by atoms with Gasteiger partial charge in [0.2, 0.25) is 5.91 Å². The van der Waals surface area contributed by atoms with E-state index in [1.807, 2.05) is 24.3 Å². The lowest BCUT2D eigenvalue weighted by Crippen LogP contribution is -2.37. The summed E-state index contributed by atoms with van der Waals surface area (Å²) < 4.78 is 5.07. The number of nitrogens with zero attached hydrogens (tertiary/aromatic N) is 1. The summed E-state index contributed by atoms with van der Waals surface area (Å²) in [6.45, 7) is 11.2.